The highest BCUT2D eigenvalue weighted by Gasteiger charge is 2.11. The summed E-state index contributed by atoms with van der Waals surface area (Å²) in [6.07, 6.45) is 1.64. The van der Waals surface area contributed by atoms with E-state index in [1.807, 2.05) is 54.6 Å². The van der Waals surface area contributed by atoms with Gasteiger partial charge in [0.2, 0.25) is 5.91 Å². The lowest BCUT2D eigenvalue weighted by Crippen LogP contribution is -2.33. The van der Waals surface area contributed by atoms with Crippen molar-refractivity contribution in [2.75, 3.05) is 7.11 Å². The maximum absolute atomic E-state index is 12.4. The van der Waals surface area contributed by atoms with E-state index < -0.39 is 0 Å². The van der Waals surface area contributed by atoms with Gasteiger partial charge in [0.25, 0.3) is 5.91 Å². The first kappa shape index (κ1) is 17.3. The van der Waals surface area contributed by atoms with Gasteiger partial charge in [0.15, 0.2) is 0 Å². The minimum Gasteiger partial charge on any atom is -0.497 e. The average molecular weight is 324 g/mol. The van der Waals surface area contributed by atoms with Crippen LogP contribution in [0.15, 0.2) is 60.3 Å². The van der Waals surface area contributed by atoms with Crippen molar-refractivity contribution in [2.24, 2.45) is 0 Å². The molecule has 2 N–H and O–H groups in total. The Morgan fingerprint density at radius 3 is 2.50 bits per heavy atom. The van der Waals surface area contributed by atoms with Gasteiger partial charge in [-0.25, -0.2) is 0 Å². The van der Waals surface area contributed by atoms with Gasteiger partial charge < -0.3 is 15.4 Å². The van der Waals surface area contributed by atoms with Crippen LogP contribution in [0.3, 0.4) is 0 Å². The summed E-state index contributed by atoms with van der Waals surface area (Å²) in [6, 6.07) is 16.8. The highest BCUT2D eigenvalue weighted by Crippen LogP contribution is 2.12. The van der Waals surface area contributed by atoms with Crippen LogP contribution in [0.25, 0.3) is 6.08 Å². The van der Waals surface area contributed by atoms with Crippen molar-refractivity contribution >= 4 is 17.9 Å². The zero-order valence-electron chi connectivity index (χ0n) is 13.7. The summed E-state index contributed by atoms with van der Waals surface area (Å²) < 4.78 is 5.16. The second kappa shape index (κ2) is 8.53. The minimum atomic E-state index is -0.350. The third kappa shape index (κ3) is 5.28. The molecule has 5 heteroatoms. The Labute approximate surface area is 141 Å². The van der Waals surface area contributed by atoms with Gasteiger partial charge in [-0.05, 0) is 29.3 Å². The largest absolute Gasteiger partial charge is 0.497 e. The number of benzene rings is 2. The van der Waals surface area contributed by atoms with Crippen LogP contribution in [0, 0.1) is 0 Å². The highest BCUT2D eigenvalue weighted by molar-refractivity contribution is 6.00. The molecule has 0 aliphatic carbocycles. The molecule has 0 spiro atoms. The first-order chi connectivity index (χ1) is 11.6. The molecule has 0 saturated carbocycles. The van der Waals surface area contributed by atoms with Crippen molar-refractivity contribution in [3.8, 4) is 5.75 Å². The Bertz CT molecular complexity index is 739. The van der Waals surface area contributed by atoms with Crippen LogP contribution < -0.4 is 15.4 Å². The van der Waals surface area contributed by atoms with E-state index in [1.165, 1.54) is 6.92 Å². The van der Waals surface area contributed by atoms with Crippen LogP contribution in [-0.2, 0) is 16.1 Å². The number of carbonyl (C=O) groups excluding carboxylic acids is 2. The molecule has 0 atom stereocenters. The Hall–Kier alpha value is -3.08. The maximum atomic E-state index is 12.4. The average Bonchev–Trinajstić information content (AvgIpc) is 2.60. The molecule has 5 nitrogen and oxygen atoms in total. The van der Waals surface area contributed by atoms with Gasteiger partial charge in [-0.15, -0.1) is 0 Å². The fourth-order valence-corrected chi connectivity index (χ4v) is 2.12. The number of hydrogen-bond donors (Lipinski definition) is 2. The summed E-state index contributed by atoms with van der Waals surface area (Å²) in [6.45, 7) is 1.70. The molecule has 0 heterocycles. The number of rotatable bonds is 6. The molecule has 2 aromatic rings. The zero-order chi connectivity index (χ0) is 17.4. The van der Waals surface area contributed by atoms with E-state index in [4.69, 9.17) is 4.74 Å². The molecule has 2 aromatic carbocycles. The number of carbonyl (C=O) groups is 2. The SMILES string of the molecule is COc1cccc(CNC(=O)/C(=C\c2ccccc2)NC(C)=O)c1. The summed E-state index contributed by atoms with van der Waals surface area (Å²) in [7, 11) is 1.59. The van der Waals surface area contributed by atoms with E-state index in [0.29, 0.717) is 6.54 Å². The second-order valence-corrected chi connectivity index (χ2v) is 5.18. The molecule has 2 rings (SSSR count). The summed E-state index contributed by atoms with van der Waals surface area (Å²) >= 11 is 0. The van der Waals surface area contributed by atoms with E-state index in [1.54, 1.807) is 13.2 Å². The van der Waals surface area contributed by atoms with E-state index >= 15 is 0 Å². The van der Waals surface area contributed by atoms with Crippen molar-refractivity contribution in [1.82, 2.24) is 10.6 Å². The number of hydrogen-bond acceptors (Lipinski definition) is 3. The Morgan fingerprint density at radius 1 is 1.08 bits per heavy atom. The fraction of sp³-hybridized carbons (Fsp3) is 0.158. The topological polar surface area (TPSA) is 67.4 Å². The first-order valence-corrected chi connectivity index (χ1v) is 7.54. The van der Waals surface area contributed by atoms with Crippen molar-refractivity contribution in [3.63, 3.8) is 0 Å². The predicted molar refractivity (Wildman–Crippen MR) is 93.1 cm³/mol. The lowest BCUT2D eigenvalue weighted by molar-refractivity contribution is -0.122. The quantitative estimate of drug-likeness (QED) is 0.802. The van der Waals surface area contributed by atoms with Gasteiger partial charge in [0.1, 0.15) is 11.4 Å². The Morgan fingerprint density at radius 2 is 1.83 bits per heavy atom. The maximum Gasteiger partial charge on any atom is 0.268 e. The van der Waals surface area contributed by atoms with Gasteiger partial charge >= 0.3 is 0 Å². The lowest BCUT2D eigenvalue weighted by atomic mass is 10.1. The van der Waals surface area contributed by atoms with Gasteiger partial charge in [-0.3, -0.25) is 9.59 Å². The molecule has 2 amide bonds. The van der Waals surface area contributed by atoms with Crippen LogP contribution >= 0.6 is 0 Å². The number of nitrogens with one attached hydrogen (secondary N) is 2. The van der Waals surface area contributed by atoms with Gasteiger partial charge in [-0.2, -0.15) is 0 Å². The van der Waals surface area contributed by atoms with Crippen molar-refractivity contribution < 1.29 is 14.3 Å². The minimum absolute atomic E-state index is 0.205. The highest BCUT2D eigenvalue weighted by atomic mass is 16.5. The molecule has 24 heavy (non-hydrogen) atoms. The normalized spacial score (nSPS) is 10.8. The fourth-order valence-electron chi connectivity index (χ4n) is 2.12. The monoisotopic (exact) mass is 324 g/mol. The summed E-state index contributed by atoms with van der Waals surface area (Å²) in [4.78, 5) is 23.7. The Balaban J connectivity index is 2.10. The van der Waals surface area contributed by atoms with E-state index in [-0.39, 0.29) is 17.5 Å². The van der Waals surface area contributed by atoms with Crippen molar-refractivity contribution in [2.45, 2.75) is 13.5 Å². The molecular formula is C19H20N2O3. The third-order valence-corrected chi connectivity index (χ3v) is 3.25. The summed E-state index contributed by atoms with van der Waals surface area (Å²) in [5, 5.41) is 5.37. The molecular weight excluding hydrogens is 304 g/mol. The second-order valence-electron chi connectivity index (χ2n) is 5.18. The first-order valence-electron chi connectivity index (χ1n) is 7.54. The molecule has 0 aliphatic heterocycles. The van der Waals surface area contributed by atoms with Gasteiger partial charge in [-0.1, -0.05) is 42.5 Å². The smallest absolute Gasteiger partial charge is 0.268 e. The van der Waals surface area contributed by atoms with Crippen molar-refractivity contribution in [3.05, 3.63) is 71.4 Å². The third-order valence-electron chi connectivity index (χ3n) is 3.25. The van der Waals surface area contributed by atoms with Crippen LogP contribution in [0.5, 0.6) is 5.75 Å². The van der Waals surface area contributed by atoms with Crippen LogP contribution in [0.1, 0.15) is 18.1 Å². The molecule has 0 saturated heterocycles. The molecule has 0 aromatic heterocycles. The molecule has 0 aliphatic rings. The Kier molecular flexibility index (Phi) is 6.14. The van der Waals surface area contributed by atoms with E-state index in [9.17, 15) is 9.59 Å². The standard InChI is InChI=1S/C19H20N2O3/c1-14(22)21-18(12-15-7-4-3-5-8-15)19(23)20-13-16-9-6-10-17(11-16)24-2/h3-12H,13H2,1-2H3,(H,20,23)(H,21,22)/b18-12+. The van der Waals surface area contributed by atoms with Crippen molar-refractivity contribution in [1.29, 1.82) is 0 Å². The number of ether oxygens (including phenoxy) is 1. The van der Waals surface area contributed by atoms with Crippen LogP contribution in [0.4, 0.5) is 0 Å². The van der Waals surface area contributed by atoms with E-state index in [2.05, 4.69) is 10.6 Å². The lowest BCUT2D eigenvalue weighted by Gasteiger charge is -2.10. The molecule has 0 fully saturated rings. The molecule has 0 radical (unpaired) electrons. The van der Waals surface area contributed by atoms with Gasteiger partial charge in [0.05, 0.1) is 7.11 Å². The summed E-state index contributed by atoms with van der Waals surface area (Å²) in [5.74, 6) is 0.0780. The van der Waals surface area contributed by atoms with Crippen LogP contribution in [0.2, 0.25) is 0 Å². The predicted octanol–water partition coefficient (Wildman–Crippen LogP) is 2.49. The molecule has 0 bridgehead atoms. The van der Waals surface area contributed by atoms with E-state index in [0.717, 1.165) is 16.9 Å². The summed E-state index contributed by atoms with van der Waals surface area (Å²) in [5.41, 5.74) is 1.94. The van der Waals surface area contributed by atoms with Gasteiger partial charge in [0, 0.05) is 13.5 Å². The number of amides is 2. The molecule has 0 unspecified atom stereocenters. The molecule has 124 valence electrons. The zero-order valence-corrected chi connectivity index (χ0v) is 13.7. The van der Waals surface area contributed by atoms with Crippen LogP contribution in [-0.4, -0.2) is 18.9 Å². The number of methoxy groups -OCH3 is 1.